The summed E-state index contributed by atoms with van der Waals surface area (Å²) in [5, 5.41) is 3.25. The summed E-state index contributed by atoms with van der Waals surface area (Å²) < 4.78 is 9.66. The van der Waals surface area contributed by atoms with Gasteiger partial charge in [-0.2, -0.15) is 0 Å². The van der Waals surface area contributed by atoms with Crippen LogP contribution >= 0.6 is 11.6 Å². The van der Waals surface area contributed by atoms with E-state index in [1.54, 1.807) is 36.4 Å². The van der Waals surface area contributed by atoms with Gasteiger partial charge in [-0.1, -0.05) is 29.8 Å². The molecule has 0 aliphatic heterocycles. The number of ether oxygens (including phenoxy) is 2. The molecule has 2 rings (SSSR count). The molecule has 0 radical (unpaired) electrons. The van der Waals surface area contributed by atoms with Crippen LogP contribution in [0.5, 0.6) is 5.88 Å². The number of rotatable bonds is 6. The molecule has 1 N–H and O–H groups in total. The molecule has 1 heterocycles. The van der Waals surface area contributed by atoms with E-state index in [4.69, 9.17) is 21.1 Å². The van der Waals surface area contributed by atoms with Crippen LogP contribution in [0.1, 0.15) is 28.4 Å². The van der Waals surface area contributed by atoms with Gasteiger partial charge in [0.05, 0.1) is 32.2 Å². The number of nitrogens with one attached hydrogen (secondary N) is 1. The van der Waals surface area contributed by atoms with Crippen LogP contribution in [0.2, 0.25) is 5.02 Å². The Labute approximate surface area is 144 Å². The molecule has 24 heavy (non-hydrogen) atoms. The third-order valence-corrected chi connectivity index (χ3v) is 3.74. The van der Waals surface area contributed by atoms with E-state index in [-0.39, 0.29) is 12.3 Å². The van der Waals surface area contributed by atoms with Gasteiger partial charge in [-0.05, 0) is 17.7 Å². The zero-order valence-electron chi connectivity index (χ0n) is 13.3. The van der Waals surface area contributed by atoms with E-state index >= 15 is 0 Å². The number of benzene rings is 1. The fraction of sp³-hybridized carbons (Fsp3) is 0.235. The summed E-state index contributed by atoms with van der Waals surface area (Å²) >= 11 is 6.18. The van der Waals surface area contributed by atoms with Crippen molar-refractivity contribution in [3.63, 3.8) is 0 Å². The van der Waals surface area contributed by atoms with Gasteiger partial charge in [-0.25, -0.2) is 4.98 Å². The van der Waals surface area contributed by atoms with Crippen LogP contribution in [0.25, 0.3) is 0 Å². The molecule has 7 heteroatoms. The summed E-state index contributed by atoms with van der Waals surface area (Å²) in [6.45, 7) is 0. The topological polar surface area (TPSA) is 77.5 Å². The maximum Gasteiger partial charge on any atom is 0.307 e. The third kappa shape index (κ3) is 4.45. The Morgan fingerprint density at radius 2 is 1.96 bits per heavy atom. The Hall–Kier alpha value is -2.60. The highest BCUT2D eigenvalue weighted by molar-refractivity contribution is 6.31. The minimum absolute atomic E-state index is 0.0322. The van der Waals surface area contributed by atoms with Crippen molar-refractivity contribution in [1.29, 1.82) is 0 Å². The summed E-state index contributed by atoms with van der Waals surface area (Å²) in [5.41, 5.74) is 0.983. The number of aromatic nitrogens is 1. The van der Waals surface area contributed by atoms with Gasteiger partial charge in [0.2, 0.25) is 5.88 Å². The molecule has 0 saturated heterocycles. The number of halogens is 1. The number of amides is 1. The number of hydrogen-bond acceptors (Lipinski definition) is 5. The minimum Gasteiger partial charge on any atom is -0.481 e. The van der Waals surface area contributed by atoms with Gasteiger partial charge in [-0.15, -0.1) is 0 Å². The van der Waals surface area contributed by atoms with Gasteiger partial charge in [0.1, 0.15) is 0 Å². The van der Waals surface area contributed by atoms with E-state index in [1.807, 2.05) is 0 Å². The van der Waals surface area contributed by atoms with Gasteiger partial charge in [0.25, 0.3) is 5.91 Å². The van der Waals surface area contributed by atoms with Crippen molar-refractivity contribution >= 4 is 23.5 Å². The Bertz CT molecular complexity index is 719. The Kier molecular flexibility index (Phi) is 6.14. The highest BCUT2D eigenvalue weighted by atomic mass is 35.5. The fourth-order valence-electron chi connectivity index (χ4n) is 2.12. The summed E-state index contributed by atoms with van der Waals surface area (Å²) in [4.78, 5) is 28.1. The van der Waals surface area contributed by atoms with Crippen molar-refractivity contribution in [3.05, 3.63) is 58.7 Å². The summed E-state index contributed by atoms with van der Waals surface area (Å²) in [7, 11) is 2.78. The molecule has 1 unspecified atom stereocenters. The fourth-order valence-corrected chi connectivity index (χ4v) is 2.39. The van der Waals surface area contributed by atoms with Gasteiger partial charge < -0.3 is 14.8 Å². The van der Waals surface area contributed by atoms with Crippen LogP contribution < -0.4 is 10.1 Å². The molecule has 0 aliphatic carbocycles. The highest BCUT2D eigenvalue weighted by Gasteiger charge is 2.21. The molecule has 126 valence electrons. The highest BCUT2D eigenvalue weighted by Crippen LogP contribution is 2.25. The SMILES string of the molecule is COC(=O)CC(NC(=O)c1ccc(OC)nc1)c1ccccc1Cl. The van der Waals surface area contributed by atoms with Crippen molar-refractivity contribution in [2.75, 3.05) is 14.2 Å². The standard InChI is InChI=1S/C17H17ClN2O4/c1-23-15-8-7-11(10-19-15)17(22)20-14(9-16(21)24-2)12-5-3-4-6-13(12)18/h3-8,10,14H,9H2,1-2H3,(H,20,22). The van der Waals surface area contributed by atoms with Gasteiger partial charge in [0, 0.05) is 17.3 Å². The molecule has 0 aliphatic rings. The number of carbonyl (C=O) groups is 2. The molecule has 0 fully saturated rings. The number of pyridine rings is 1. The normalized spacial score (nSPS) is 11.5. The maximum absolute atomic E-state index is 12.4. The van der Waals surface area contributed by atoms with E-state index in [0.29, 0.717) is 22.0 Å². The monoisotopic (exact) mass is 348 g/mol. The first-order valence-corrected chi connectivity index (χ1v) is 7.55. The van der Waals surface area contributed by atoms with E-state index in [0.717, 1.165) is 0 Å². The third-order valence-electron chi connectivity index (χ3n) is 3.39. The zero-order chi connectivity index (χ0) is 17.5. The molecule has 1 aromatic carbocycles. The molecule has 0 saturated carbocycles. The molecular formula is C17H17ClN2O4. The molecule has 6 nitrogen and oxygen atoms in total. The average Bonchev–Trinajstić information content (AvgIpc) is 2.61. The first-order chi connectivity index (χ1) is 11.5. The minimum atomic E-state index is -0.610. The second-order valence-corrected chi connectivity index (χ2v) is 5.32. The van der Waals surface area contributed by atoms with Gasteiger partial charge >= 0.3 is 5.97 Å². The Morgan fingerprint density at radius 3 is 2.54 bits per heavy atom. The van der Waals surface area contributed by atoms with Crippen LogP contribution in [0.3, 0.4) is 0 Å². The predicted molar refractivity (Wildman–Crippen MR) is 89.1 cm³/mol. The lowest BCUT2D eigenvalue weighted by molar-refractivity contribution is -0.141. The van der Waals surface area contributed by atoms with Crippen molar-refractivity contribution in [2.24, 2.45) is 0 Å². The van der Waals surface area contributed by atoms with Crippen LogP contribution in [-0.2, 0) is 9.53 Å². The maximum atomic E-state index is 12.4. The van der Waals surface area contributed by atoms with E-state index in [1.165, 1.54) is 20.4 Å². The van der Waals surface area contributed by atoms with Gasteiger partial charge in [-0.3, -0.25) is 9.59 Å². The zero-order valence-corrected chi connectivity index (χ0v) is 14.0. The number of hydrogen-bond donors (Lipinski definition) is 1. The summed E-state index contributed by atoms with van der Waals surface area (Å²) in [6, 6.07) is 9.57. The predicted octanol–water partition coefficient (Wildman–Crippen LogP) is 2.78. The van der Waals surface area contributed by atoms with Crippen LogP contribution in [0, 0.1) is 0 Å². The first-order valence-electron chi connectivity index (χ1n) is 7.17. The van der Waals surface area contributed by atoms with Crippen molar-refractivity contribution in [1.82, 2.24) is 10.3 Å². The van der Waals surface area contributed by atoms with Crippen molar-refractivity contribution in [2.45, 2.75) is 12.5 Å². The summed E-state index contributed by atoms with van der Waals surface area (Å²) in [5.74, 6) is -0.421. The number of esters is 1. The second-order valence-electron chi connectivity index (χ2n) is 4.92. The van der Waals surface area contributed by atoms with Crippen LogP contribution in [0.4, 0.5) is 0 Å². The van der Waals surface area contributed by atoms with Crippen LogP contribution in [0.15, 0.2) is 42.6 Å². The molecule has 1 amide bonds. The molecule has 0 bridgehead atoms. The lowest BCUT2D eigenvalue weighted by atomic mass is 10.0. The quantitative estimate of drug-likeness (QED) is 0.812. The average molecular weight is 349 g/mol. The molecular weight excluding hydrogens is 332 g/mol. The number of nitrogens with zero attached hydrogens (tertiary/aromatic N) is 1. The smallest absolute Gasteiger partial charge is 0.307 e. The van der Waals surface area contributed by atoms with Crippen molar-refractivity contribution in [3.8, 4) is 5.88 Å². The number of carbonyl (C=O) groups excluding carboxylic acids is 2. The largest absolute Gasteiger partial charge is 0.481 e. The molecule has 1 atom stereocenters. The van der Waals surface area contributed by atoms with E-state index in [9.17, 15) is 9.59 Å². The van der Waals surface area contributed by atoms with Gasteiger partial charge in [0.15, 0.2) is 0 Å². The number of methoxy groups -OCH3 is 2. The lowest BCUT2D eigenvalue weighted by Gasteiger charge is -2.19. The molecule has 2 aromatic rings. The van der Waals surface area contributed by atoms with Crippen molar-refractivity contribution < 1.29 is 19.1 Å². The van der Waals surface area contributed by atoms with E-state index in [2.05, 4.69) is 10.3 Å². The second kappa shape index (κ2) is 8.31. The molecule has 0 spiro atoms. The first kappa shape index (κ1) is 17.7. The van der Waals surface area contributed by atoms with Crippen LogP contribution in [-0.4, -0.2) is 31.1 Å². The summed E-state index contributed by atoms with van der Waals surface area (Å²) in [6.07, 6.45) is 1.37. The van der Waals surface area contributed by atoms with E-state index < -0.39 is 12.0 Å². The lowest BCUT2D eigenvalue weighted by Crippen LogP contribution is -2.30. The Balaban J connectivity index is 2.22. The Morgan fingerprint density at radius 1 is 1.21 bits per heavy atom. The molecule has 1 aromatic heterocycles.